The second-order valence-corrected chi connectivity index (χ2v) is 11.4. The van der Waals surface area contributed by atoms with Crippen molar-refractivity contribution < 1.29 is 57.8 Å². The van der Waals surface area contributed by atoms with Crippen molar-refractivity contribution in [2.24, 2.45) is 11.8 Å². The summed E-state index contributed by atoms with van der Waals surface area (Å²) in [5.41, 5.74) is 0. The van der Waals surface area contributed by atoms with Crippen LogP contribution in [-0.4, -0.2) is 146 Å². The van der Waals surface area contributed by atoms with Gasteiger partial charge in [0.25, 0.3) is 0 Å². The van der Waals surface area contributed by atoms with E-state index in [1.54, 1.807) is 0 Å². The predicted molar refractivity (Wildman–Crippen MR) is 168 cm³/mol. The lowest BCUT2D eigenvalue weighted by Gasteiger charge is -2.29. The SMILES string of the molecule is CCN(CC)CC.CCN(CC)CC.COC1C2CC(C(=O)O)[C@H](O2)[C@H]1OC(C)=O.CO[C@H]1C(OC(C)=O)C2CC(C(=O)O)[C@@H]1O2. The summed E-state index contributed by atoms with van der Waals surface area (Å²) < 4.78 is 31.5. The van der Waals surface area contributed by atoms with Crippen molar-refractivity contribution in [1.82, 2.24) is 9.80 Å². The molecule has 0 aliphatic carbocycles. The molecule has 10 atom stereocenters. The van der Waals surface area contributed by atoms with Gasteiger partial charge in [0.2, 0.25) is 0 Å². The van der Waals surface area contributed by atoms with Crippen LogP contribution in [-0.2, 0) is 47.6 Å². The zero-order valence-electron chi connectivity index (χ0n) is 29.3. The number of nitrogens with zero attached hydrogens (tertiary/aromatic N) is 2. The van der Waals surface area contributed by atoms with E-state index in [-0.39, 0.29) is 18.3 Å². The highest BCUT2D eigenvalue weighted by Gasteiger charge is 2.59. The molecule has 4 heterocycles. The Hall–Kier alpha value is -2.36. The highest BCUT2D eigenvalue weighted by atomic mass is 16.6. The van der Waals surface area contributed by atoms with Crippen LogP contribution in [0.1, 0.15) is 68.2 Å². The molecule has 14 heteroatoms. The molecule has 14 nitrogen and oxygen atoms in total. The van der Waals surface area contributed by atoms with E-state index in [1.165, 1.54) is 67.3 Å². The van der Waals surface area contributed by atoms with E-state index in [0.29, 0.717) is 12.8 Å². The Balaban J connectivity index is 0.000000331. The lowest BCUT2D eigenvalue weighted by Crippen LogP contribution is -2.47. The summed E-state index contributed by atoms with van der Waals surface area (Å²) in [5, 5.41) is 18.0. The van der Waals surface area contributed by atoms with Gasteiger partial charge in [0.1, 0.15) is 24.4 Å². The molecule has 6 unspecified atom stereocenters. The molecule has 0 spiro atoms. The number of carbonyl (C=O) groups is 4. The summed E-state index contributed by atoms with van der Waals surface area (Å²) in [7, 11) is 2.96. The van der Waals surface area contributed by atoms with Crippen LogP contribution in [0.15, 0.2) is 0 Å². The maximum Gasteiger partial charge on any atom is 0.309 e. The van der Waals surface area contributed by atoms with Crippen LogP contribution < -0.4 is 0 Å². The third-order valence-corrected chi connectivity index (χ3v) is 8.92. The third kappa shape index (κ3) is 11.4. The minimum Gasteiger partial charge on any atom is -0.481 e. The van der Waals surface area contributed by atoms with E-state index >= 15 is 0 Å². The third-order valence-electron chi connectivity index (χ3n) is 8.92. The number of carbonyl (C=O) groups excluding carboxylic acids is 2. The molecule has 4 bridgehead atoms. The van der Waals surface area contributed by atoms with E-state index in [0.717, 1.165) is 0 Å². The second kappa shape index (κ2) is 20.8. The van der Waals surface area contributed by atoms with Crippen molar-refractivity contribution in [2.75, 3.05) is 53.5 Å². The lowest BCUT2D eigenvalue weighted by atomic mass is 9.85. The Morgan fingerprint density at radius 2 is 0.913 bits per heavy atom. The average Bonchev–Trinajstić information content (AvgIpc) is 3.79. The number of hydrogen-bond donors (Lipinski definition) is 2. The molecule has 4 rings (SSSR count). The molecule has 46 heavy (non-hydrogen) atoms. The van der Waals surface area contributed by atoms with Gasteiger partial charge in [0.05, 0.1) is 24.0 Å². The summed E-state index contributed by atoms with van der Waals surface area (Å²) >= 11 is 0. The van der Waals surface area contributed by atoms with Crippen LogP contribution >= 0.6 is 0 Å². The zero-order valence-corrected chi connectivity index (χ0v) is 29.3. The molecule has 0 saturated carbocycles. The molecule has 0 radical (unpaired) electrons. The molecule has 4 aliphatic rings. The molecule has 2 N–H and O–H groups in total. The number of carboxylic acid groups (broad SMARTS) is 2. The highest BCUT2D eigenvalue weighted by molar-refractivity contribution is 5.73. The number of aliphatic carboxylic acids is 2. The molecule has 4 aliphatic heterocycles. The fraction of sp³-hybridized carbons (Fsp3) is 0.875. The topological polar surface area (TPSA) is 171 Å². The van der Waals surface area contributed by atoms with E-state index in [2.05, 4.69) is 51.3 Å². The summed E-state index contributed by atoms with van der Waals surface area (Å²) in [4.78, 5) is 48.5. The van der Waals surface area contributed by atoms with Crippen molar-refractivity contribution in [1.29, 1.82) is 0 Å². The lowest BCUT2D eigenvalue weighted by molar-refractivity contribution is -0.161. The van der Waals surface area contributed by atoms with Crippen LogP contribution in [0.4, 0.5) is 0 Å². The van der Waals surface area contributed by atoms with Crippen molar-refractivity contribution in [3.63, 3.8) is 0 Å². The van der Waals surface area contributed by atoms with Gasteiger partial charge in [-0.05, 0) is 52.1 Å². The van der Waals surface area contributed by atoms with E-state index in [9.17, 15) is 19.2 Å². The van der Waals surface area contributed by atoms with Gasteiger partial charge < -0.3 is 48.4 Å². The van der Waals surface area contributed by atoms with E-state index in [4.69, 9.17) is 38.6 Å². The quantitative estimate of drug-likeness (QED) is 0.292. The molecule has 0 aromatic rings. The summed E-state index contributed by atoms with van der Waals surface area (Å²) in [6.07, 6.45) is -2.90. The Morgan fingerprint density at radius 3 is 1.20 bits per heavy atom. The van der Waals surface area contributed by atoms with Gasteiger partial charge in [0, 0.05) is 28.1 Å². The smallest absolute Gasteiger partial charge is 0.309 e. The molecular formula is C32H58N2O12. The maximum atomic E-state index is 11.0. The molecule has 0 amide bonds. The number of esters is 2. The predicted octanol–water partition coefficient (Wildman–Crippen LogP) is 2.31. The van der Waals surface area contributed by atoms with Crippen molar-refractivity contribution >= 4 is 23.9 Å². The molecule has 4 fully saturated rings. The van der Waals surface area contributed by atoms with Gasteiger partial charge in [0.15, 0.2) is 12.2 Å². The van der Waals surface area contributed by atoms with Gasteiger partial charge in [-0.2, -0.15) is 0 Å². The fourth-order valence-corrected chi connectivity index (χ4v) is 6.35. The Labute approximate surface area is 273 Å². The number of hydrogen-bond acceptors (Lipinski definition) is 12. The van der Waals surface area contributed by atoms with Gasteiger partial charge >= 0.3 is 23.9 Å². The first-order chi connectivity index (χ1) is 21.8. The van der Waals surface area contributed by atoms with Gasteiger partial charge in [-0.3, -0.25) is 19.2 Å². The molecular weight excluding hydrogens is 604 g/mol. The number of rotatable bonds is 12. The van der Waals surface area contributed by atoms with Gasteiger partial charge in [-0.25, -0.2) is 0 Å². The summed E-state index contributed by atoms with van der Waals surface area (Å²) in [5.74, 6) is -3.85. The number of carboxylic acids is 2. The van der Waals surface area contributed by atoms with Crippen LogP contribution in [0.2, 0.25) is 0 Å². The Morgan fingerprint density at radius 1 is 0.587 bits per heavy atom. The van der Waals surface area contributed by atoms with Crippen LogP contribution in [0.5, 0.6) is 0 Å². The second-order valence-electron chi connectivity index (χ2n) is 11.4. The van der Waals surface area contributed by atoms with Crippen molar-refractivity contribution in [3.8, 4) is 0 Å². The van der Waals surface area contributed by atoms with Crippen LogP contribution in [0.25, 0.3) is 0 Å². The Bertz CT molecular complexity index is 919. The monoisotopic (exact) mass is 662 g/mol. The molecule has 0 aromatic carbocycles. The first-order valence-corrected chi connectivity index (χ1v) is 16.4. The summed E-state index contributed by atoms with van der Waals surface area (Å²) in [6.45, 7) is 22.8. The standard InChI is InChI=1S/2C10H14O6.2C6H15N/c1-4(11)15-8-6-3-5(10(12)13)7(16-6)9(8)14-2;1-4(11)15-9-7-5(10(12)13)3-6(16-7)8(9)14-2;2*1-4-7(5-2)6-3/h2*5-9H,3H2,1-2H3,(H,12,13);2*4-6H2,1-3H3/t2*5?,6?,7-,8?,9+;;/m00../s1. The normalized spacial score (nSPS) is 31.7. The minimum absolute atomic E-state index is 0.291. The molecule has 0 aromatic heterocycles. The number of fused-ring (bicyclic) bond motifs is 4. The highest BCUT2D eigenvalue weighted by Crippen LogP contribution is 2.43. The Kier molecular flexibility index (Phi) is 18.8. The number of ether oxygens (including phenoxy) is 6. The van der Waals surface area contributed by atoms with Gasteiger partial charge in [-0.1, -0.05) is 41.5 Å². The first kappa shape index (κ1) is 41.7. The first-order valence-electron chi connectivity index (χ1n) is 16.4. The average molecular weight is 663 g/mol. The van der Waals surface area contributed by atoms with Crippen LogP contribution in [0, 0.1) is 11.8 Å². The van der Waals surface area contributed by atoms with Crippen molar-refractivity contribution in [3.05, 3.63) is 0 Å². The van der Waals surface area contributed by atoms with Gasteiger partial charge in [-0.15, -0.1) is 0 Å². The minimum atomic E-state index is -0.917. The molecule has 268 valence electrons. The van der Waals surface area contributed by atoms with Crippen LogP contribution in [0.3, 0.4) is 0 Å². The van der Waals surface area contributed by atoms with E-state index < -0.39 is 66.2 Å². The summed E-state index contributed by atoms with van der Waals surface area (Å²) in [6, 6.07) is 0. The molecule has 4 saturated heterocycles. The largest absolute Gasteiger partial charge is 0.481 e. The van der Waals surface area contributed by atoms with Crippen molar-refractivity contribution in [2.45, 2.75) is 117 Å². The zero-order chi connectivity index (χ0) is 35.1. The van der Waals surface area contributed by atoms with E-state index in [1.807, 2.05) is 0 Å². The fourth-order valence-electron chi connectivity index (χ4n) is 6.35. The maximum absolute atomic E-state index is 11.0. The number of methoxy groups -OCH3 is 2.